The summed E-state index contributed by atoms with van der Waals surface area (Å²) in [6, 6.07) is 2.33. The predicted octanol–water partition coefficient (Wildman–Crippen LogP) is 2.72. The van der Waals surface area contributed by atoms with Crippen molar-refractivity contribution in [1.29, 1.82) is 0 Å². The topological polar surface area (TPSA) is 71.3 Å². The second-order valence-corrected chi connectivity index (χ2v) is 6.41. The van der Waals surface area contributed by atoms with E-state index in [1.807, 2.05) is 4.90 Å². The molecule has 2 aromatic heterocycles. The molecule has 1 N–H and O–H groups in total. The van der Waals surface area contributed by atoms with E-state index >= 15 is 0 Å². The highest BCUT2D eigenvalue weighted by Crippen LogP contribution is 2.32. The van der Waals surface area contributed by atoms with Crippen molar-refractivity contribution in [2.75, 3.05) is 11.9 Å². The van der Waals surface area contributed by atoms with Gasteiger partial charge < -0.3 is 14.6 Å². The quantitative estimate of drug-likeness (QED) is 0.923. The molecule has 4 heterocycles. The number of carbonyl (C=O) groups is 1. The summed E-state index contributed by atoms with van der Waals surface area (Å²) in [5.74, 6) is 1.24. The van der Waals surface area contributed by atoms with Crippen molar-refractivity contribution in [3.8, 4) is 11.3 Å². The van der Waals surface area contributed by atoms with Gasteiger partial charge in [-0.05, 0) is 39.2 Å². The summed E-state index contributed by atoms with van der Waals surface area (Å²) in [6.45, 7) is 5.05. The molecule has 6 nitrogen and oxygen atoms in total. The normalized spacial score (nSPS) is 23.0. The van der Waals surface area contributed by atoms with Crippen LogP contribution in [0, 0.1) is 0 Å². The van der Waals surface area contributed by atoms with Crippen LogP contribution >= 0.6 is 0 Å². The molecule has 1 saturated heterocycles. The number of rotatable bonds is 2. The lowest BCUT2D eigenvalue weighted by Gasteiger charge is -2.25. The van der Waals surface area contributed by atoms with Crippen LogP contribution in [0.25, 0.3) is 11.3 Å². The van der Waals surface area contributed by atoms with Gasteiger partial charge in [0.15, 0.2) is 5.76 Å². The minimum absolute atomic E-state index is 0.0300. The predicted molar refractivity (Wildman–Crippen MR) is 86.3 cm³/mol. The Bertz CT molecular complexity index is 745. The summed E-state index contributed by atoms with van der Waals surface area (Å²) in [5, 5.41) is 3.24. The van der Waals surface area contributed by atoms with Crippen molar-refractivity contribution in [1.82, 2.24) is 14.9 Å². The molecule has 4 rings (SSSR count). The van der Waals surface area contributed by atoms with Gasteiger partial charge >= 0.3 is 0 Å². The number of likely N-dealkylation sites (tertiary alicyclic amines) is 1. The molecule has 120 valence electrons. The average Bonchev–Trinajstić information content (AvgIpc) is 3.26. The summed E-state index contributed by atoms with van der Waals surface area (Å²) in [5.41, 5.74) is 2.79. The third-order valence-electron chi connectivity index (χ3n) is 4.88. The van der Waals surface area contributed by atoms with E-state index in [9.17, 15) is 4.79 Å². The number of furan rings is 1. The Morgan fingerprint density at radius 3 is 2.87 bits per heavy atom. The smallest absolute Gasteiger partial charge is 0.290 e. The molecular formula is C17H20N4O2. The van der Waals surface area contributed by atoms with Gasteiger partial charge in [0.2, 0.25) is 0 Å². The molecule has 2 atom stereocenters. The number of anilines is 1. The second kappa shape index (κ2) is 5.37. The molecule has 2 aromatic rings. The Balaban J connectivity index is 1.65. The Morgan fingerprint density at radius 1 is 1.30 bits per heavy atom. The summed E-state index contributed by atoms with van der Waals surface area (Å²) in [6.07, 6.45) is 6.16. The zero-order valence-electron chi connectivity index (χ0n) is 13.4. The standard InChI is InChI=1S/C17H20N4O2/c1-10-3-4-11(2)21(10)17(22)14-7-12(8-23-14)15-13-5-6-18-16(13)20-9-19-15/h7-11H,3-6H2,1-2H3,(H,18,19,20)/t10-,11?/m1/s1. The first kappa shape index (κ1) is 14.2. The number of hydrogen-bond donors (Lipinski definition) is 1. The summed E-state index contributed by atoms with van der Waals surface area (Å²) in [7, 11) is 0. The van der Waals surface area contributed by atoms with E-state index in [0.29, 0.717) is 5.76 Å². The van der Waals surface area contributed by atoms with Crippen molar-refractivity contribution in [3.05, 3.63) is 30.0 Å². The number of fused-ring (bicyclic) bond motifs is 1. The Morgan fingerprint density at radius 2 is 2.09 bits per heavy atom. The van der Waals surface area contributed by atoms with Gasteiger partial charge in [0, 0.05) is 29.8 Å². The van der Waals surface area contributed by atoms with Gasteiger partial charge in [0.25, 0.3) is 5.91 Å². The molecule has 1 fully saturated rings. The van der Waals surface area contributed by atoms with Crippen molar-refractivity contribution < 1.29 is 9.21 Å². The first-order valence-electron chi connectivity index (χ1n) is 8.14. The minimum atomic E-state index is -0.0300. The van der Waals surface area contributed by atoms with Crippen LogP contribution < -0.4 is 5.32 Å². The second-order valence-electron chi connectivity index (χ2n) is 6.41. The van der Waals surface area contributed by atoms with Crippen molar-refractivity contribution >= 4 is 11.7 Å². The largest absolute Gasteiger partial charge is 0.458 e. The molecule has 0 aliphatic carbocycles. The summed E-state index contributed by atoms with van der Waals surface area (Å²) < 4.78 is 5.58. The molecule has 2 aliphatic heterocycles. The molecule has 23 heavy (non-hydrogen) atoms. The van der Waals surface area contributed by atoms with E-state index < -0.39 is 0 Å². The maximum absolute atomic E-state index is 12.7. The van der Waals surface area contributed by atoms with Gasteiger partial charge in [-0.25, -0.2) is 9.97 Å². The molecule has 0 saturated carbocycles. The van der Waals surface area contributed by atoms with Gasteiger partial charge in [0.05, 0.1) is 5.69 Å². The Kier molecular flexibility index (Phi) is 3.32. The molecule has 2 aliphatic rings. The third kappa shape index (κ3) is 2.29. The van der Waals surface area contributed by atoms with Gasteiger partial charge in [-0.3, -0.25) is 4.79 Å². The number of aromatic nitrogens is 2. The first-order chi connectivity index (χ1) is 11.1. The van der Waals surface area contributed by atoms with E-state index in [-0.39, 0.29) is 18.0 Å². The zero-order valence-corrected chi connectivity index (χ0v) is 13.4. The van der Waals surface area contributed by atoms with Crippen LogP contribution in [-0.4, -0.2) is 39.4 Å². The fourth-order valence-electron chi connectivity index (χ4n) is 3.65. The van der Waals surface area contributed by atoms with E-state index in [1.54, 1.807) is 18.7 Å². The monoisotopic (exact) mass is 312 g/mol. The first-order valence-corrected chi connectivity index (χ1v) is 8.14. The van der Waals surface area contributed by atoms with Crippen LogP contribution in [0.15, 0.2) is 23.1 Å². The molecule has 0 bridgehead atoms. The lowest BCUT2D eigenvalue weighted by molar-refractivity contribution is 0.0660. The molecular weight excluding hydrogens is 292 g/mol. The van der Waals surface area contributed by atoms with Crippen molar-refractivity contribution in [3.63, 3.8) is 0 Å². The number of carbonyl (C=O) groups excluding carboxylic acids is 1. The Labute approximate surface area is 134 Å². The SMILES string of the molecule is CC1CC[C@@H](C)N1C(=O)c1cc(-c2ncnc3c2CCN3)co1. The lowest BCUT2D eigenvalue weighted by atomic mass is 10.1. The highest BCUT2D eigenvalue weighted by atomic mass is 16.3. The van der Waals surface area contributed by atoms with Crippen LogP contribution in [0.1, 0.15) is 42.8 Å². The Hall–Kier alpha value is -2.37. The van der Waals surface area contributed by atoms with Gasteiger partial charge in [-0.15, -0.1) is 0 Å². The number of nitrogens with zero attached hydrogens (tertiary/aromatic N) is 3. The van der Waals surface area contributed by atoms with Crippen molar-refractivity contribution in [2.45, 2.75) is 45.2 Å². The number of amides is 1. The molecule has 0 aromatic carbocycles. The lowest BCUT2D eigenvalue weighted by Crippen LogP contribution is -2.38. The summed E-state index contributed by atoms with van der Waals surface area (Å²) in [4.78, 5) is 23.3. The van der Waals surface area contributed by atoms with E-state index in [4.69, 9.17) is 4.42 Å². The van der Waals surface area contributed by atoms with E-state index in [0.717, 1.165) is 48.4 Å². The van der Waals surface area contributed by atoms with Crippen LogP contribution in [0.3, 0.4) is 0 Å². The fourth-order valence-corrected chi connectivity index (χ4v) is 3.65. The van der Waals surface area contributed by atoms with Crippen LogP contribution in [-0.2, 0) is 6.42 Å². The molecule has 6 heteroatoms. The number of hydrogen-bond acceptors (Lipinski definition) is 5. The maximum atomic E-state index is 12.7. The van der Waals surface area contributed by atoms with Gasteiger partial charge in [-0.2, -0.15) is 0 Å². The van der Waals surface area contributed by atoms with Crippen LogP contribution in [0.5, 0.6) is 0 Å². The number of nitrogens with one attached hydrogen (secondary N) is 1. The zero-order chi connectivity index (χ0) is 16.0. The summed E-state index contributed by atoms with van der Waals surface area (Å²) >= 11 is 0. The third-order valence-corrected chi connectivity index (χ3v) is 4.88. The van der Waals surface area contributed by atoms with Gasteiger partial charge in [0.1, 0.15) is 18.4 Å². The van der Waals surface area contributed by atoms with Crippen molar-refractivity contribution in [2.24, 2.45) is 0 Å². The average molecular weight is 312 g/mol. The van der Waals surface area contributed by atoms with Gasteiger partial charge in [-0.1, -0.05) is 0 Å². The maximum Gasteiger partial charge on any atom is 0.290 e. The highest BCUT2D eigenvalue weighted by Gasteiger charge is 2.33. The van der Waals surface area contributed by atoms with E-state index in [2.05, 4.69) is 29.1 Å². The minimum Gasteiger partial charge on any atom is -0.458 e. The molecule has 1 amide bonds. The van der Waals surface area contributed by atoms with Crippen LogP contribution in [0.2, 0.25) is 0 Å². The molecule has 0 spiro atoms. The molecule has 0 radical (unpaired) electrons. The van der Waals surface area contributed by atoms with Crippen LogP contribution in [0.4, 0.5) is 5.82 Å². The highest BCUT2D eigenvalue weighted by molar-refractivity contribution is 5.93. The van der Waals surface area contributed by atoms with E-state index in [1.165, 1.54) is 0 Å². The fraction of sp³-hybridized carbons (Fsp3) is 0.471. The molecule has 1 unspecified atom stereocenters.